The molecule has 4 rings (SSSR count). The van der Waals surface area contributed by atoms with Crippen LogP contribution in [0.2, 0.25) is 0 Å². The molecule has 29 heavy (non-hydrogen) atoms. The molecule has 0 radical (unpaired) electrons. The Morgan fingerprint density at radius 1 is 1.07 bits per heavy atom. The van der Waals surface area contributed by atoms with Crippen molar-refractivity contribution in [3.8, 4) is 0 Å². The van der Waals surface area contributed by atoms with Gasteiger partial charge in [-0.2, -0.15) is 9.61 Å². The zero-order valence-corrected chi connectivity index (χ0v) is 16.9. The number of rotatable bonds is 5. The maximum atomic E-state index is 13.5. The summed E-state index contributed by atoms with van der Waals surface area (Å²) in [6.45, 7) is 1.91. The van der Waals surface area contributed by atoms with Gasteiger partial charge in [0.1, 0.15) is 0 Å². The Kier molecular flexibility index (Phi) is 4.70. The van der Waals surface area contributed by atoms with Crippen molar-refractivity contribution in [1.29, 1.82) is 0 Å². The number of hydrogen-bond acceptors (Lipinski definition) is 6. The van der Waals surface area contributed by atoms with Gasteiger partial charge in [-0.3, -0.25) is 9.36 Å². The van der Waals surface area contributed by atoms with Gasteiger partial charge in [-0.05, 0) is 13.0 Å². The molecule has 148 valence electrons. The van der Waals surface area contributed by atoms with Crippen LogP contribution < -0.4 is 11.1 Å². The Hall–Kier alpha value is -3.06. The van der Waals surface area contributed by atoms with E-state index < -0.39 is 19.1 Å². The van der Waals surface area contributed by atoms with Crippen LogP contribution in [-0.2, 0) is 13.6 Å². The lowest BCUT2D eigenvalue weighted by molar-refractivity contribution is 0.104. The number of benzene rings is 2. The van der Waals surface area contributed by atoms with E-state index in [1.165, 1.54) is 14.2 Å². The summed E-state index contributed by atoms with van der Waals surface area (Å²) in [5.74, 6) is -0.430. The van der Waals surface area contributed by atoms with Crippen LogP contribution in [0.5, 0.6) is 0 Å². The molecule has 0 aliphatic carbocycles. The topological polar surface area (TPSA) is 103 Å². The minimum atomic E-state index is -3.93. The lowest BCUT2D eigenvalue weighted by Gasteiger charge is -2.12. The Morgan fingerprint density at radius 2 is 1.72 bits per heavy atom. The third-order valence-corrected chi connectivity index (χ3v) is 6.56. The molecule has 4 aromatic rings. The average Bonchev–Trinajstić information content (AvgIpc) is 3.15. The van der Waals surface area contributed by atoms with Crippen molar-refractivity contribution in [3.63, 3.8) is 0 Å². The summed E-state index contributed by atoms with van der Waals surface area (Å²) in [5.41, 5.74) is 1.39. The molecule has 0 spiro atoms. The van der Waals surface area contributed by atoms with Crippen molar-refractivity contribution in [2.75, 3.05) is 14.2 Å². The van der Waals surface area contributed by atoms with E-state index in [4.69, 9.17) is 9.05 Å². The van der Waals surface area contributed by atoms with Crippen molar-refractivity contribution in [1.82, 2.24) is 14.6 Å². The number of nitrogens with one attached hydrogen (secondary N) is 1. The lowest BCUT2D eigenvalue weighted by Crippen LogP contribution is -2.20. The van der Waals surface area contributed by atoms with Crippen molar-refractivity contribution in [2.24, 2.45) is 0 Å². The van der Waals surface area contributed by atoms with Crippen LogP contribution in [0.25, 0.3) is 16.4 Å². The van der Waals surface area contributed by atoms with Crippen molar-refractivity contribution in [3.05, 3.63) is 75.7 Å². The van der Waals surface area contributed by atoms with Gasteiger partial charge in [0.15, 0.2) is 11.2 Å². The number of carbonyl (C=O) groups is 1. The standard InChI is InChI=1S/C20H18N3O5P/c1-12-8-10-13(11-9-12)18(24)16-17-14-6-4-5-7-15(14)21-20(25)23(17)22-19(16)29(26,27-2)28-3/h4-11H,1-3H3,(H,21,25). The Labute approximate surface area is 165 Å². The summed E-state index contributed by atoms with van der Waals surface area (Å²) in [6.07, 6.45) is 0. The van der Waals surface area contributed by atoms with E-state index in [1.807, 2.05) is 6.92 Å². The van der Waals surface area contributed by atoms with Gasteiger partial charge in [-0.1, -0.05) is 48.0 Å². The first-order valence-corrected chi connectivity index (χ1v) is 10.3. The van der Waals surface area contributed by atoms with Gasteiger partial charge in [0, 0.05) is 25.2 Å². The van der Waals surface area contributed by atoms with Crippen LogP contribution in [-0.4, -0.2) is 34.6 Å². The molecule has 9 heteroatoms. The molecule has 0 aliphatic heterocycles. The first kappa shape index (κ1) is 19.3. The Morgan fingerprint density at radius 3 is 2.38 bits per heavy atom. The van der Waals surface area contributed by atoms with Crippen LogP contribution in [0.15, 0.2) is 53.3 Å². The van der Waals surface area contributed by atoms with Gasteiger partial charge in [0.05, 0.1) is 16.6 Å². The number of hydrogen-bond donors (Lipinski definition) is 1. The largest absolute Gasteiger partial charge is 0.381 e. The zero-order valence-electron chi connectivity index (χ0n) is 16.0. The molecule has 2 heterocycles. The van der Waals surface area contributed by atoms with Crippen LogP contribution in [0.3, 0.4) is 0 Å². The maximum absolute atomic E-state index is 13.5. The monoisotopic (exact) mass is 411 g/mol. The fraction of sp³-hybridized carbons (Fsp3) is 0.150. The first-order chi connectivity index (χ1) is 13.9. The molecular weight excluding hydrogens is 393 g/mol. The fourth-order valence-electron chi connectivity index (χ4n) is 3.27. The van der Waals surface area contributed by atoms with E-state index in [0.717, 1.165) is 10.1 Å². The number of aromatic nitrogens is 3. The van der Waals surface area contributed by atoms with Crippen molar-refractivity contribution >= 4 is 35.2 Å². The van der Waals surface area contributed by atoms with Gasteiger partial charge < -0.3 is 14.0 Å². The van der Waals surface area contributed by atoms with Gasteiger partial charge in [-0.25, -0.2) is 4.79 Å². The van der Waals surface area contributed by atoms with E-state index in [1.54, 1.807) is 48.5 Å². The smallest absolute Gasteiger partial charge is 0.307 e. The average molecular weight is 411 g/mol. The summed E-state index contributed by atoms with van der Waals surface area (Å²) in [4.78, 5) is 28.8. The third kappa shape index (κ3) is 3.02. The number of ketones is 1. The minimum absolute atomic E-state index is 0.0168. The highest BCUT2D eigenvalue weighted by atomic mass is 31.2. The highest BCUT2D eigenvalue weighted by molar-refractivity contribution is 7.62. The highest BCUT2D eigenvalue weighted by Gasteiger charge is 2.37. The van der Waals surface area contributed by atoms with Gasteiger partial charge in [0.25, 0.3) is 0 Å². The second-order valence-electron chi connectivity index (χ2n) is 6.49. The van der Waals surface area contributed by atoms with Crippen molar-refractivity contribution < 1.29 is 18.4 Å². The Balaban J connectivity index is 2.17. The molecule has 1 N–H and O–H groups in total. The number of aryl methyl sites for hydroxylation is 1. The number of carbonyl (C=O) groups excluding carboxylic acids is 1. The van der Waals surface area contributed by atoms with Crippen LogP contribution in [0.4, 0.5) is 0 Å². The summed E-state index contributed by atoms with van der Waals surface area (Å²) < 4.78 is 24.4. The number of nitrogens with zero attached hydrogens (tertiary/aromatic N) is 2. The summed E-state index contributed by atoms with van der Waals surface area (Å²) in [7, 11) is -1.52. The van der Waals surface area contributed by atoms with E-state index in [2.05, 4.69) is 10.1 Å². The molecule has 0 fully saturated rings. The molecule has 0 atom stereocenters. The molecule has 2 aromatic heterocycles. The second kappa shape index (κ2) is 7.08. The summed E-state index contributed by atoms with van der Waals surface area (Å²) in [5, 5.41) is 4.76. The number of para-hydroxylation sites is 1. The fourth-order valence-corrected chi connectivity index (χ4v) is 4.44. The van der Waals surface area contributed by atoms with Gasteiger partial charge >= 0.3 is 13.3 Å². The Bertz CT molecular complexity index is 1350. The van der Waals surface area contributed by atoms with E-state index in [0.29, 0.717) is 16.5 Å². The summed E-state index contributed by atoms with van der Waals surface area (Å²) in [6, 6.07) is 14.0. The lowest BCUT2D eigenvalue weighted by atomic mass is 10.0. The second-order valence-corrected chi connectivity index (χ2v) is 8.64. The molecule has 2 aromatic carbocycles. The van der Waals surface area contributed by atoms with E-state index in [-0.39, 0.29) is 16.5 Å². The van der Waals surface area contributed by atoms with Crippen LogP contribution >= 0.6 is 7.60 Å². The number of aromatic amines is 1. The van der Waals surface area contributed by atoms with E-state index in [9.17, 15) is 14.2 Å². The van der Waals surface area contributed by atoms with Crippen molar-refractivity contribution in [2.45, 2.75) is 6.92 Å². The number of H-pyrrole nitrogens is 1. The zero-order chi connectivity index (χ0) is 20.8. The van der Waals surface area contributed by atoms with Crippen LogP contribution in [0.1, 0.15) is 21.5 Å². The molecule has 0 aliphatic rings. The molecule has 0 saturated carbocycles. The summed E-state index contributed by atoms with van der Waals surface area (Å²) >= 11 is 0. The van der Waals surface area contributed by atoms with Crippen LogP contribution in [0, 0.1) is 6.92 Å². The maximum Gasteiger partial charge on any atom is 0.381 e. The van der Waals surface area contributed by atoms with Gasteiger partial charge in [0.2, 0.25) is 0 Å². The number of fused-ring (bicyclic) bond motifs is 3. The third-order valence-electron chi connectivity index (χ3n) is 4.76. The SMILES string of the molecule is COP(=O)(OC)c1nn2c(=O)[nH]c3ccccc3c2c1C(=O)c1ccc(C)cc1. The molecule has 8 nitrogen and oxygen atoms in total. The normalized spacial score (nSPS) is 12.0. The molecule has 0 bridgehead atoms. The molecule has 0 saturated heterocycles. The molecular formula is C20H18N3O5P. The highest BCUT2D eigenvalue weighted by Crippen LogP contribution is 2.46. The van der Waals surface area contributed by atoms with E-state index >= 15 is 0 Å². The molecule has 0 amide bonds. The first-order valence-electron chi connectivity index (χ1n) is 8.77. The predicted molar refractivity (Wildman–Crippen MR) is 109 cm³/mol. The van der Waals surface area contributed by atoms with Gasteiger partial charge in [-0.15, -0.1) is 0 Å². The quantitative estimate of drug-likeness (QED) is 0.400. The predicted octanol–water partition coefficient (Wildman–Crippen LogP) is 2.83. The molecule has 0 unspecified atom stereocenters. The minimum Gasteiger partial charge on any atom is -0.307 e.